The molecular formula is C17H26N2O2. The van der Waals surface area contributed by atoms with E-state index < -0.39 is 5.79 Å². The molecule has 2 heterocycles. The molecule has 1 aromatic rings. The van der Waals surface area contributed by atoms with Crippen LogP contribution in [0.1, 0.15) is 25.3 Å². The summed E-state index contributed by atoms with van der Waals surface area (Å²) in [7, 11) is 2.17. The molecule has 116 valence electrons. The van der Waals surface area contributed by atoms with E-state index in [0.29, 0.717) is 12.6 Å². The minimum atomic E-state index is -0.599. The predicted octanol–water partition coefficient (Wildman–Crippen LogP) is 1.96. The molecule has 2 aliphatic rings. The summed E-state index contributed by atoms with van der Waals surface area (Å²) in [6.07, 6.45) is 2.73. The molecule has 3 unspecified atom stereocenters. The number of hydrogen-bond acceptors (Lipinski definition) is 4. The summed E-state index contributed by atoms with van der Waals surface area (Å²) in [5.74, 6) is -0.599. The summed E-state index contributed by atoms with van der Waals surface area (Å²) < 4.78 is 12.1. The number of hydrogen-bond donors (Lipinski definition) is 1. The van der Waals surface area contributed by atoms with Crippen LogP contribution in [0.3, 0.4) is 0 Å². The molecule has 1 N–H and O–H groups in total. The smallest absolute Gasteiger partial charge is 0.192 e. The molecule has 4 heteroatoms. The largest absolute Gasteiger partial charge is 0.343 e. The summed E-state index contributed by atoms with van der Waals surface area (Å²) in [5, 5.41) is 3.54. The van der Waals surface area contributed by atoms with Crippen LogP contribution in [0.5, 0.6) is 0 Å². The molecule has 21 heavy (non-hydrogen) atoms. The van der Waals surface area contributed by atoms with Crippen LogP contribution >= 0.6 is 0 Å². The highest BCUT2D eigenvalue weighted by Crippen LogP contribution is 2.33. The van der Waals surface area contributed by atoms with Crippen LogP contribution in [-0.2, 0) is 15.3 Å². The number of benzene rings is 1. The van der Waals surface area contributed by atoms with E-state index in [4.69, 9.17) is 9.47 Å². The number of rotatable bonds is 5. The first-order chi connectivity index (χ1) is 10.2. The summed E-state index contributed by atoms with van der Waals surface area (Å²) in [4.78, 5) is 2.35. The zero-order valence-corrected chi connectivity index (χ0v) is 13.0. The summed E-state index contributed by atoms with van der Waals surface area (Å²) in [6, 6.07) is 10.8. The quantitative estimate of drug-likeness (QED) is 0.899. The maximum Gasteiger partial charge on any atom is 0.192 e. The van der Waals surface area contributed by atoms with Gasteiger partial charge in [-0.2, -0.15) is 0 Å². The maximum atomic E-state index is 6.19. The van der Waals surface area contributed by atoms with Gasteiger partial charge in [0.25, 0.3) is 0 Å². The fraction of sp³-hybridized carbons (Fsp3) is 0.647. The fourth-order valence-electron chi connectivity index (χ4n) is 3.33. The second-order valence-electron chi connectivity index (χ2n) is 6.38. The highest BCUT2D eigenvalue weighted by Gasteiger charge is 2.39. The Morgan fingerprint density at radius 2 is 2.10 bits per heavy atom. The van der Waals surface area contributed by atoms with Crippen LogP contribution in [0.25, 0.3) is 0 Å². The highest BCUT2D eigenvalue weighted by atomic mass is 16.7. The molecular weight excluding hydrogens is 264 g/mol. The lowest BCUT2D eigenvalue weighted by molar-refractivity contribution is -0.163. The molecule has 2 aliphatic heterocycles. The van der Waals surface area contributed by atoms with E-state index in [9.17, 15) is 0 Å². The minimum absolute atomic E-state index is 0.140. The molecule has 0 aromatic heterocycles. The Morgan fingerprint density at radius 1 is 1.29 bits per heavy atom. The first-order valence-electron chi connectivity index (χ1n) is 7.95. The third kappa shape index (κ3) is 3.64. The average Bonchev–Trinajstić information content (AvgIpc) is 3.11. The van der Waals surface area contributed by atoms with Gasteiger partial charge < -0.3 is 19.7 Å². The molecule has 0 spiro atoms. The molecule has 0 amide bonds. The van der Waals surface area contributed by atoms with Gasteiger partial charge in [-0.1, -0.05) is 30.3 Å². The summed E-state index contributed by atoms with van der Waals surface area (Å²) >= 11 is 0. The van der Waals surface area contributed by atoms with Crippen molar-refractivity contribution in [3.63, 3.8) is 0 Å². The van der Waals surface area contributed by atoms with Gasteiger partial charge in [0.05, 0.1) is 12.7 Å². The van der Waals surface area contributed by atoms with Crippen molar-refractivity contribution in [2.45, 2.75) is 37.7 Å². The van der Waals surface area contributed by atoms with E-state index >= 15 is 0 Å². The minimum Gasteiger partial charge on any atom is -0.343 e. The van der Waals surface area contributed by atoms with Gasteiger partial charge in [0, 0.05) is 24.7 Å². The molecule has 4 nitrogen and oxygen atoms in total. The molecule has 0 aliphatic carbocycles. The molecule has 0 radical (unpaired) electrons. The Morgan fingerprint density at radius 3 is 2.81 bits per heavy atom. The first-order valence-corrected chi connectivity index (χ1v) is 7.95. The molecule has 0 saturated carbocycles. The van der Waals surface area contributed by atoms with Crippen molar-refractivity contribution in [1.82, 2.24) is 10.2 Å². The van der Waals surface area contributed by atoms with E-state index in [1.54, 1.807) is 0 Å². The van der Waals surface area contributed by atoms with E-state index in [1.165, 1.54) is 12.8 Å². The van der Waals surface area contributed by atoms with Gasteiger partial charge in [0.1, 0.15) is 0 Å². The zero-order valence-electron chi connectivity index (χ0n) is 13.0. The van der Waals surface area contributed by atoms with Gasteiger partial charge in [0.2, 0.25) is 0 Å². The van der Waals surface area contributed by atoms with Crippen LogP contribution in [0.15, 0.2) is 30.3 Å². The molecule has 2 fully saturated rings. The van der Waals surface area contributed by atoms with Crippen LogP contribution in [0.4, 0.5) is 0 Å². The average molecular weight is 290 g/mol. The van der Waals surface area contributed by atoms with Gasteiger partial charge in [-0.3, -0.25) is 0 Å². The Labute approximate surface area is 127 Å². The highest BCUT2D eigenvalue weighted by molar-refractivity contribution is 5.20. The van der Waals surface area contributed by atoms with Crippen LogP contribution in [-0.4, -0.2) is 50.3 Å². The number of ether oxygens (including phenoxy) is 2. The van der Waals surface area contributed by atoms with Gasteiger partial charge >= 0.3 is 0 Å². The Bertz CT molecular complexity index is 447. The van der Waals surface area contributed by atoms with E-state index in [0.717, 1.165) is 25.2 Å². The SMILES string of the molecule is CN(CC1CCCN1)CC1COC(C)(c2ccccc2)O1. The number of nitrogens with one attached hydrogen (secondary N) is 1. The normalized spacial score (nSPS) is 32.9. The van der Waals surface area contributed by atoms with Crippen molar-refractivity contribution >= 4 is 0 Å². The molecule has 2 saturated heterocycles. The molecule has 1 aromatic carbocycles. The monoisotopic (exact) mass is 290 g/mol. The van der Waals surface area contributed by atoms with Crippen molar-refractivity contribution < 1.29 is 9.47 Å². The van der Waals surface area contributed by atoms with Crippen molar-refractivity contribution in [2.75, 3.05) is 33.3 Å². The van der Waals surface area contributed by atoms with Crippen LogP contribution in [0, 0.1) is 0 Å². The lowest BCUT2D eigenvalue weighted by Gasteiger charge is -2.26. The fourth-order valence-corrected chi connectivity index (χ4v) is 3.33. The summed E-state index contributed by atoms with van der Waals surface area (Å²) in [6.45, 7) is 5.84. The van der Waals surface area contributed by atoms with E-state index in [2.05, 4.69) is 29.4 Å². The third-order valence-electron chi connectivity index (χ3n) is 4.44. The van der Waals surface area contributed by atoms with Crippen LogP contribution < -0.4 is 5.32 Å². The Balaban J connectivity index is 1.52. The summed E-state index contributed by atoms with van der Waals surface area (Å²) in [5.41, 5.74) is 1.09. The predicted molar refractivity (Wildman–Crippen MR) is 83.1 cm³/mol. The lowest BCUT2D eigenvalue weighted by Crippen LogP contribution is -2.40. The van der Waals surface area contributed by atoms with E-state index in [1.807, 2.05) is 25.1 Å². The topological polar surface area (TPSA) is 33.7 Å². The zero-order chi connectivity index (χ0) is 14.7. The van der Waals surface area contributed by atoms with Gasteiger partial charge in [0.15, 0.2) is 5.79 Å². The Hall–Kier alpha value is -0.940. The second-order valence-corrected chi connectivity index (χ2v) is 6.38. The van der Waals surface area contributed by atoms with E-state index in [-0.39, 0.29) is 6.10 Å². The van der Waals surface area contributed by atoms with Gasteiger partial charge in [-0.25, -0.2) is 0 Å². The molecule has 0 bridgehead atoms. The van der Waals surface area contributed by atoms with Gasteiger partial charge in [-0.05, 0) is 33.4 Å². The number of likely N-dealkylation sites (N-methyl/N-ethyl adjacent to an activating group) is 1. The van der Waals surface area contributed by atoms with Crippen molar-refractivity contribution in [3.8, 4) is 0 Å². The molecule has 3 rings (SSSR count). The van der Waals surface area contributed by atoms with Crippen LogP contribution in [0.2, 0.25) is 0 Å². The van der Waals surface area contributed by atoms with Crippen molar-refractivity contribution in [3.05, 3.63) is 35.9 Å². The standard InChI is InChI=1S/C17H26N2O2/c1-17(14-7-4-3-5-8-14)20-13-16(21-17)12-19(2)11-15-9-6-10-18-15/h3-5,7-8,15-16,18H,6,9-13H2,1-2H3. The van der Waals surface area contributed by atoms with Crippen molar-refractivity contribution in [2.24, 2.45) is 0 Å². The second kappa shape index (κ2) is 6.44. The number of nitrogens with zero attached hydrogens (tertiary/aromatic N) is 1. The molecule has 3 atom stereocenters. The maximum absolute atomic E-state index is 6.19. The van der Waals surface area contributed by atoms with Gasteiger partial charge in [-0.15, -0.1) is 0 Å². The third-order valence-corrected chi connectivity index (χ3v) is 4.44. The van der Waals surface area contributed by atoms with Crippen molar-refractivity contribution in [1.29, 1.82) is 0 Å². The first kappa shape index (κ1) is 15.0. The Kier molecular flexibility index (Phi) is 4.60. The lowest BCUT2D eigenvalue weighted by atomic mass is 10.1.